The van der Waals surface area contributed by atoms with Crippen LogP contribution in [0.4, 0.5) is 0 Å². The molecule has 9 heavy (non-hydrogen) atoms. The van der Waals surface area contributed by atoms with Gasteiger partial charge in [-0.2, -0.15) is 0 Å². The fourth-order valence-electron chi connectivity index (χ4n) is 0.828. The number of allylic oxidation sites excluding steroid dienone is 1. The van der Waals surface area contributed by atoms with Crippen molar-refractivity contribution in [2.24, 2.45) is 5.92 Å². The Labute approximate surface area is 62.9 Å². The molecule has 0 aliphatic carbocycles. The van der Waals surface area contributed by atoms with Crippen LogP contribution in [-0.2, 0) is 0 Å². The summed E-state index contributed by atoms with van der Waals surface area (Å²) < 4.78 is 0. The molecule has 0 aromatic rings. The largest absolute Gasteiger partial charge is 0.127 e. The molecule has 0 saturated heterocycles. The van der Waals surface area contributed by atoms with Crippen LogP contribution in [0.3, 0.4) is 0 Å². The van der Waals surface area contributed by atoms with Gasteiger partial charge in [0.05, 0.1) is 0 Å². The van der Waals surface area contributed by atoms with E-state index in [1.165, 1.54) is 6.42 Å². The maximum absolute atomic E-state index is 5.52. The van der Waals surface area contributed by atoms with E-state index in [0.717, 1.165) is 24.6 Å². The quantitative estimate of drug-likeness (QED) is 0.413. The van der Waals surface area contributed by atoms with E-state index in [2.05, 4.69) is 13.5 Å². The van der Waals surface area contributed by atoms with E-state index in [4.69, 9.17) is 11.6 Å². The van der Waals surface area contributed by atoms with Gasteiger partial charge in [0.15, 0.2) is 0 Å². The molecule has 0 aliphatic rings. The summed E-state index contributed by atoms with van der Waals surface area (Å²) in [6, 6.07) is 0. The first-order chi connectivity index (χ1) is 4.31. The fraction of sp³-hybridized carbons (Fsp3) is 0.750. The molecule has 0 nitrogen and oxygen atoms in total. The van der Waals surface area contributed by atoms with Gasteiger partial charge in [-0.1, -0.05) is 13.0 Å². The summed E-state index contributed by atoms with van der Waals surface area (Å²) in [6.45, 7) is 5.91. The molecule has 54 valence electrons. The van der Waals surface area contributed by atoms with Crippen LogP contribution in [0, 0.1) is 5.92 Å². The molecule has 0 radical (unpaired) electrons. The molecular weight excluding hydrogens is 132 g/mol. The highest BCUT2D eigenvalue weighted by molar-refractivity contribution is 6.17. The molecule has 1 unspecified atom stereocenters. The van der Waals surface area contributed by atoms with Gasteiger partial charge >= 0.3 is 0 Å². The highest BCUT2D eigenvalue weighted by atomic mass is 35.5. The Kier molecular flexibility index (Phi) is 6.18. The zero-order chi connectivity index (χ0) is 7.11. The molecular formula is C8H15Cl. The number of halogens is 1. The Morgan fingerprint density at radius 2 is 2.33 bits per heavy atom. The van der Waals surface area contributed by atoms with E-state index in [0.29, 0.717) is 0 Å². The van der Waals surface area contributed by atoms with E-state index in [1.54, 1.807) is 0 Å². The van der Waals surface area contributed by atoms with E-state index < -0.39 is 0 Å². The monoisotopic (exact) mass is 146 g/mol. The van der Waals surface area contributed by atoms with Crippen LogP contribution in [0.25, 0.3) is 0 Å². The summed E-state index contributed by atoms with van der Waals surface area (Å²) >= 11 is 5.52. The Balaban J connectivity index is 3.04. The van der Waals surface area contributed by atoms with Crippen LogP contribution < -0.4 is 0 Å². The first kappa shape index (κ1) is 9.03. The number of rotatable bonds is 5. The van der Waals surface area contributed by atoms with Crippen molar-refractivity contribution in [1.29, 1.82) is 0 Å². The molecule has 0 amide bonds. The second kappa shape index (κ2) is 6.15. The minimum Gasteiger partial charge on any atom is -0.127 e. The van der Waals surface area contributed by atoms with Gasteiger partial charge in [-0.15, -0.1) is 18.2 Å². The molecule has 0 aliphatic heterocycles. The van der Waals surface area contributed by atoms with Crippen LogP contribution in [0.2, 0.25) is 0 Å². The predicted octanol–water partition coefficient (Wildman–Crippen LogP) is 3.22. The topological polar surface area (TPSA) is 0 Å². The molecule has 0 rings (SSSR count). The average molecular weight is 147 g/mol. The van der Waals surface area contributed by atoms with Gasteiger partial charge in [-0.05, 0) is 25.2 Å². The van der Waals surface area contributed by atoms with Crippen molar-refractivity contribution in [2.45, 2.75) is 26.2 Å². The second-order valence-corrected chi connectivity index (χ2v) is 2.84. The highest BCUT2D eigenvalue weighted by Gasteiger charge is 1.96. The molecule has 0 bridgehead atoms. The van der Waals surface area contributed by atoms with E-state index in [-0.39, 0.29) is 0 Å². The summed E-state index contributed by atoms with van der Waals surface area (Å²) in [5, 5.41) is 0. The Morgan fingerprint density at radius 3 is 2.78 bits per heavy atom. The van der Waals surface area contributed by atoms with Gasteiger partial charge < -0.3 is 0 Å². The number of hydrogen-bond acceptors (Lipinski definition) is 0. The molecule has 0 fully saturated rings. The smallest absolute Gasteiger partial charge is 0.0223 e. The molecule has 0 N–H and O–H groups in total. The van der Waals surface area contributed by atoms with Crippen molar-refractivity contribution in [3.05, 3.63) is 12.7 Å². The lowest BCUT2D eigenvalue weighted by Gasteiger charge is -2.04. The van der Waals surface area contributed by atoms with Crippen molar-refractivity contribution in [3.8, 4) is 0 Å². The third-order valence-corrected chi connectivity index (χ3v) is 1.67. The van der Waals surface area contributed by atoms with Crippen LogP contribution in [0.1, 0.15) is 26.2 Å². The van der Waals surface area contributed by atoms with Crippen molar-refractivity contribution in [2.75, 3.05) is 5.88 Å². The Bertz CT molecular complexity index is 69.0. The SMILES string of the molecule is C=CCC(C)CCCCl. The summed E-state index contributed by atoms with van der Waals surface area (Å²) in [4.78, 5) is 0. The molecule has 1 heteroatoms. The normalized spacial score (nSPS) is 13.1. The third-order valence-electron chi connectivity index (χ3n) is 1.40. The third kappa shape index (κ3) is 5.91. The highest BCUT2D eigenvalue weighted by Crippen LogP contribution is 2.10. The zero-order valence-electron chi connectivity index (χ0n) is 6.07. The Morgan fingerprint density at radius 1 is 1.67 bits per heavy atom. The van der Waals surface area contributed by atoms with Crippen molar-refractivity contribution < 1.29 is 0 Å². The minimum absolute atomic E-state index is 0.765. The second-order valence-electron chi connectivity index (χ2n) is 2.46. The van der Waals surface area contributed by atoms with Gasteiger partial charge in [0.25, 0.3) is 0 Å². The van der Waals surface area contributed by atoms with Crippen LogP contribution in [0.5, 0.6) is 0 Å². The van der Waals surface area contributed by atoms with Crippen molar-refractivity contribution in [3.63, 3.8) is 0 Å². The van der Waals surface area contributed by atoms with Crippen molar-refractivity contribution >= 4 is 11.6 Å². The summed E-state index contributed by atoms with van der Waals surface area (Å²) in [5.41, 5.74) is 0. The maximum Gasteiger partial charge on any atom is 0.0223 e. The number of alkyl halides is 1. The Hall–Kier alpha value is 0.0300. The molecule has 0 saturated carbocycles. The van der Waals surface area contributed by atoms with Gasteiger partial charge in [0.1, 0.15) is 0 Å². The summed E-state index contributed by atoms with van der Waals surface area (Å²) in [5.74, 6) is 1.56. The average Bonchev–Trinajstić information content (AvgIpc) is 1.85. The molecule has 0 heterocycles. The van der Waals surface area contributed by atoms with Gasteiger partial charge in [0, 0.05) is 5.88 Å². The lowest BCUT2D eigenvalue weighted by Crippen LogP contribution is -1.92. The van der Waals surface area contributed by atoms with Crippen molar-refractivity contribution in [1.82, 2.24) is 0 Å². The van der Waals surface area contributed by atoms with Gasteiger partial charge in [0.2, 0.25) is 0 Å². The van der Waals surface area contributed by atoms with E-state index >= 15 is 0 Å². The van der Waals surface area contributed by atoms with Crippen LogP contribution in [0.15, 0.2) is 12.7 Å². The first-order valence-corrected chi connectivity index (χ1v) is 4.01. The molecule has 0 aromatic carbocycles. The van der Waals surface area contributed by atoms with Crippen LogP contribution >= 0.6 is 11.6 Å². The minimum atomic E-state index is 0.765. The predicted molar refractivity (Wildman–Crippen MR) is 43.9 cm³/mol. The lowest BCUT2D eigenvalue weighted by molar-refractivity contribution is 0.534. The van der Waals surface area contributed by atoms with E-state index in [1.807, 2.05) is 6.08 Å². The van der Waals surface area contributed by atoms with Gasteiger partial charge in [-0.25, -0.2) is 0 Å². The molecule has 0 spiro atoms. The lowest BCUT2D eigenvalue weighted by atomic mass is 10.0. The molecule has 0 aromatic heterocycles. The fourth-order valence-corrected chi connectivity index (χ4v) is 0.982. The zero-order valence-corrected chi connectivity index (χ0v) is 6.82. The molecule has 1 atom stereocenters. The number of hydrogen-bond donors (Lipinski definition) is 0. The standard InChI is InChI=1S/C8H15Cl/c1-3-5-8(2)6-4-7-9/h3,8H,1,4-7H2,2H3. The van der Waals surface area contributed by atoms with E-state index in [9.17, 15) is 0 Å². The van der Waals surface area contributed by atoms with Crippen LogP contribution in [-0.4, -0.2) is 5.88 Å². The maximum atomic E-state index is 5.52. The van der Waals surface area contributed by atoms with Gasteiger partial charge in [-0.3, -0.25) is 0 Å². The first-order valence-electron chi connectivity index (χ1n) is 3.48. The summed E-state index contributed by atoms with van der Waals surface area (Å²) in [6.07, 6.45) is 5.46. The summed E-state index contributed by atoms with van der Waals surface area (Å²) in [7, 11) is 0.